The number of hydrogen-bond acceptors (Lipinski definition) is 4. The predicted octanol–water partition coefficient (Wildman–Crippen LogP) is 2.57. The van der Waals surface area contributed by atoms with Crippen LogP contribution in [0.4, 0.5) is 5.69 Å². The molecule has 1 heterocycles. The van der Waals surface area contributed by atoms with Crippen LogP contribution >= 0.6 is 27.7 Å². The summed E-state index contributed by atoms with van der Waals surface area (Å²) < 4.78 is 0.668. The molecule has 5 nitrogen and oxygen atoms in total. The van der Waals surface area contributed by atoms with Crippen LogP contribution in [0.15, 0.2) is 22.7 Å². The maximum atomic E-state index is 12.0. The minimum Gasteiger partial charge on any atom is -0.478 e. The number of carbonyl (C=O) groups excluding carboxylic acids is 1. The Labute approximate surface area is 136 Å². The van der Waals surface area contributed by atoms with Crippen LogP contribution < -0.4 is 10.6 Å². The van der Waals surface area contributed by atoms with Crippen molar-refractivity contribution in [2.24, 2.45) is 0 Å². The van der Waals surface area contributed by atoms with Gasteiger partial charge in [0.2, 0.25) is 5.91 Å². The first-order chi connectivity index (χ1) is 10.1. The van der Waals surface area contributed by atoms with Crippen molar-refractivity contribution in [1.82, 2.24) is 5.32 Å². The van der Waals surface area contributed by atoms with Gasteiger partial charge in [-0.25, -0.2) is 4.79 Å². The molecule has 0 spiro atoms. The van der Waals surface area contributed by atoms with E-state index in [2.05, 4.69) is 26.6 Å². The van der Waals surface area contributed by atoms with E-state index in [9.17, 15) is 9.59 Å². The number of thioether (sulfide) groups is 1. The third-order valence-electron chi connectivity index (χ3n) is 3.22. The zero-order valence-corrected chi connectivity index (χ0v) is 13.8. The second kappa shape index (κ2) is 7.82. The molecule has 7 heteroatoms. The van der Waals surface area contributed by atoms with Gasteiger partial charge in [-0.15, -0.1) is 11.8 Å². The van der Waals surface area contributed by atoms with Gasteiger partial charge in [-0.3, -0.25) is 4.79 Å². The molecule has 0 saturated carbocycles. The minimum absolute atomic E-state index is 0.0876. The highest BCUT2D eigenvalue weighted by Gasteiger charge is 2.17. The number of amides is 1. The maximum absolute atomic E-state index is 12.0. The molecule has 1 aromatic carbocycles. The maximum Gasteiger partial charge on any atom is 0.337 e. The first-order valence-corrected chi connectivity index (χ1v) is 8.55. The Kier molecular flexibility index (Phi) is 6.08. The molecule has 1 amide bonds. The largest absolute Gasteiger partial charge is 0.478 e. The number of aromatic carboxylic acids is 1. The Morgan fingerprint density at radius 2 is 2.10 bits per heavy atom. The van der Waals surface area contributed by atoms with E-state index >= 15 is 0 Å². The highest BCUT2D eigenvalue weighted by Crippen LogP contribution is 2.23. The lowest BCUT2D eigenvalue weighted by atomic mass is 10.2. The molecule has 1 aromatic rings. The summed E-state index contributed by atoms with van der Waals surface area (Å²) >= 11 is 4.86. The zero-order valence-electron chi connectivity index (χ0n) is 11.4. The number of rotatable bonds is 5. The summed E-state index contributed by atoms with van der Waals surface area (Å²) in [6.07, 6.45) is 2.13. The second-order valence-electron chi connectivity index (χ2n) is 4.80. The number of hydrogen-bond donors (Lipinski definition) is 3. The molecule has 0 atom stereocenters. The Bertz CT molecular complexity index is 533. The van der Waals surface area contributed by atoms with Gasteiger partial charge in [0, 0.05) is 9.72 Å². The van der Waals surface area contributed by atoms with Crippen LogP contribution in [0.1, 0.15) is 23.2 Å². The number of carboxylic acid groups (broad SMARTS) is 1. The third-order valence-corrected chi connectivity index (χ3v) is 5.09. The summed E-state index contributed by atoms with van der Waals surface area (Å²) in [7, 11) is 0. The summed E-state index contributed by atoms with van der Waals surface area (Å²) in [5.41, 5.74) is 0.422. The first kappa shape index (κ1) is 16.3. The van der Waals surface area contributed by atoms with Gasteiger partial charge in [-0.05, 0) is 44.1 Å². The Balaban J connectivity index is 1.91. The fraction of sp³-hybridized carbons (Fsp3) is 0.429. The van der Waals surface area contributed by atoms with Crippen molar-refractivity contribution in [2.75, 3.05) is 24.2 Å². The van der Waals surface area contributed by atoms with Gasteiger partial charge in [0.15, 0.2) is 0 Å². The van der Waals surface area contributed by atoms with E-state index in [0.29, 0.717) is 21.2 Å². The Morgan fingerprint density at radius 3 is 2.76 bits per heavy atom. The van der Waals surface area contributed by atoms with Crippen molar-refractivity contribution in [3.05, 3.63) is 28.2 Å². The van der Waals surface area contributed by atoms with E-state index in [-0.39, 0.29) is 11.5 Å². The standard InChI is InChI=1S/C14H17BrN2O3S/c15-9-1-2-12(11(7-9)14(19)20)17-13(18)8-21-10-3-5-16-6-4-10/h1-2,7,10,16H,3-6,8H2,(H,17,18)(H,19,20). The molecule has 0 unspecified atom stereocenters. The number of halogens is 1. The number of nitrogens with one attached hydrogen (secondary N) is 2. The fourth-order valence-electron chi connectivity index (χ4n) is 2.14. The molecule has 1 aliphatic heterocycles. The molecule has 0 aliphatic carbocycles. The molecule has 2 rings (SSSR count). The predicted molar refractivity (Wildman–Crippen MR) is 88.1 cm³/mol. The number of benzene rings is 1. The number of anilines is 1. The van der Waals surface area contributed by atoms with Crippen molar-refractivity contribution >= 4 is 45.3 Å². The molecule has 1 fully saturated rings. The van der Waals surface area contributed by atoms with Gasteiger partial charge in [0.25, 0.3) is 0 Å². The first-order valence-electron chi connectivity index (χ1n) is 6.71. The van der Waals surface area contributed by atoms with E-state index in [0.717, 1.165) is 25.9 Å². The molecular weight excluding hydrogens is 356 g/mol. The number of carboxylic acids is 1. The molecule has 1 saturated heterocycles. The van der Waals surface area contributed by atoms with E-state index in [1.165, 1.54) is 6.07 Å². The van der Waals surface area contributed by atoms with E-state index in [1.54, 1.807) is 23.9 Å². The van der Waals surface area contributed by atoms with Crippen LogP contribution in [0, 0.1) is 0 Å². The van der Waals surface area contributed by atoms with Gasteiger partial charge in [-0.1, -0.05) is 15.9 Å². The van der Waals surface area contributed by atoms with Crippen molar-refractivity contribution in [1.29, 1.82) is 0 Å². The quantitative estimate of drug-likeness (QED) is 0.740. The highest BCUT2D eigenvalue weighted by molar-refractivity contribution is 9.10. The number of carbonyl (C=O) groups is 2. The normalized spacial score (nSPS) is 15.7. The van der Waals surface area contributed by atoms with Crippen LogP contribution in [-0.2, 0) is 4.79 Å². The van der Waals surface area contributed by atoms with Crippen LogP contribution in [0.2, 0.25) is 0 Å². The summed E-state index contributed by atoms with van der Waals surface area (Å²) in [6.45, 7) is 1.99. The molecule has 21 heavy (non-hydrogen) atoms. The van der Waals surface area contributed by atoms with E-state index < -0.39 is 5.97 Å². The van der Waals surface area contributed by atoms with E-state index in [4.69, 9.17) is 5.11 Å². The van der Waals surface area contributed by atoms with Crippen molar-refractivity contribution < 1.29 is 14.7 Å². The zero-order chi connectivity index (χ0) is 15.2. The van der Waals surface area contributed by atoms with Gasteiger partial charge in [0.05, 0.1) is 17.0 Å². The molecule has 0 aromatic heterocycles. The van der Waals surface area contributed by atoms with Crippen molar-refractivity contribution in [3.63, 3.8) is 0 Å². The van der Waals surface area contributed by atoms with E-state index in [1.807, 2.05) is 0 Å². The lowest BCUT2D eigenvalue weighted by molar-refractivity contribution is -0.113. The molecule has 114 valence electrons. The smallest absolute Gasteiger partial charge is 0.337 e. The third kappa shape index (κ3) is 5.01. The van der Waals surface area contributed by atoms with Crippen LogP contribution in [-0.4, -0.2) is 41.1 Å². The molecule has 3 N–H and O–H groups in total. The molecule has 0 radical (unpaired) electrons. The number of piperidine rings is 1. The van der Waals surface area contributed by atoms with Gasteiger partial charge in [-0.2, -0.15) is 0 Å². The monoisotopic (exact) mass is 372 g/mol. The summed E-state index contributed by atoms with van der Waals surface area (Å²) in [4.78, 5) is 23.1. The highest BCUT2D eigenvalue weighted by atomic mass is 79.9. The van der Waals surface area contributed by atoms with Gasteiger partial charge in [0.1, 0.15) is 0 Å². The SMILES string of the molecule is O=C(CSC1CCNCC1)Nc1ccc(Br)cc1C(=O)O. The average Bonchev–Trinajstić information content (AvgIpc) is 2.48. The topological polar surface area (TPSA) is 78.4 Å². The Hall–Kier alpha value is -1.05. The summed E-state index contributed by atoms with van der Waals surface area (Å²) in [5.74, 6) is -0.874. The van der Waals surface area contributed by atoms with Gasteiger partial charge >= 0.3 is 5.97 Å². The Morgan fingerprint density at radius 1 is 1.38 bits per heavy atom. The van der Waals surface area contributed by atoms with Gasteiger partial charge < -0.3 is 15.7 Å². The summed E-state index contributed by atoms with van der Waals surface area (Å²) in [6, 6.07) is 4.79. The lowest BCUT2D eigenvalue weighted by Crippen LogP contribution is -2.30. The lowest BCUT2D eigenvalue weighted by Gasteiger charge is -2.21. The second-order valence-corrected chi connectivity index (χ2v) is 7.01. The van der Waals surface area contributed by atoms with Crippen molar-refractivity contribution in [3.8, 4) is 0 Å². The fourth-order valence-corrected chi connectivity index (χ4v) is 3.53. The van der Waals surface area contributed by atoms with Crippen LogP contribution in [0.25, 0.3) is 0 Å². The van der Waals surface area contributed by atoms with Crippen LogP contribution in [0.5, 0.6) is 0 Å². The molecular formula is C14H17BrN2O3S. The molecule has 1 aliphatic rings. The average molecular weight is 373 g/mol. The minimum atomic E-state index is -1.06. The van der Waals surface area contributed by atoms with Crippen molar-refractivity contribution in [2.45, 2.75) is 18.1 Å². The summed E-state index contributed by atoms with van der Waals surface area (Å²) in [5, 5.41) is 15.6. The van der Waals surface area contributed by atoms with Crippen LogP contribution in [0.3, 0.4) is 0 Å². The molecule has 0 bridgehead atoms.